The number of pyridine rings is 1. The average molecular weight is 268 g/mol. The van der Waals surface area contributed by atoms with Gasteiger partial charge in [0.2, 0.25) is 0 Å². The van der Waals surface area contributed by atoms with E-state index in [-0.39, 0.29) is 16.9 Å². The summed E-state index contributed by atoms with van der Waals surface area (Å²) in [6.45, 7) is 11.1. The number of nitrogens with zero attached hydrogens (tertiary/aromatic N) is 1. The molecule has 2 atom stereocenters. The molecule has 0 radical (unpaired) electrons. The van der Waals surface area contributed by atoms with Crippen molar-refractivity contribution in [2.45, 2.75) is 63.1 Å². The summed E-state index contributed by atoms with van der Waals surface area (Å²) in [5, 5.41) is 14.0. The maximum absolute atomic E-state index is 9.45. The van der Waals surface area contributed by atoms with Crippen LogP contribution >= 0.6 is 11.8 Å². The Bertz CT molecular complexity index is 357. The van der Waals surface area contributed by atoms with Crippen molar-refractivity contribution in [2.24, 2.45) is 0 Å². The van der Waals surface area contributed by atoms with E-state index in [0.29, 0.717) is 0 Å². The number of hydrogen-bond donors (Lipinski definition) is 2. The summed E-state index contributed by atoms with van der Waals surface area (Å²) in [7, 11) is 0. The van der Waals surface area contributed by atoms with Crippen LogP contribution in [0.15, 0.2) is 23.4 Å². The Kier molecular flexibility index (Phi) is 5.63. The van der Waals surface area contributed by atoms with Crippen LogP contribution in [0.4, 0.5) is 0 Å². The normalized spacial score (nSPS) is 15.4. The third-order valence-corrected chi connectivity index (χ3v) is 3.86. The van der Waals surface area contributed by atoms with Crippen molar-refractivity contribution in [2.75, 3.05) is 0 Å². The zero-order chi connectivity index (χ0) is 13.8. The molecule has 0 aliphatic heterocycles. The summed E-state index contributed by atoms with van der Waals surface area (Å²) in [5.41, 5.74) is 1.30. The molecule has 0 aliphatic rings. The van der Waals surface area contributed by atoms with Crippen LogP contribution in [0.5, 0.6) is 0 Å². The molecule has 1 heterocycles. The summed E-state index contributed by atoms with van der Waals surface area (Å²) in [5.74, 6) is 0. The van der Waals surface area contributed by atoms with Gasteiger partial charge in [-0.2, -0.15) is 0 Å². The Morgan fingerprint density at radius 2 is 2.00 bits per heavy atom. The number of nitrogens with one attached hydrogen (secondary N) is 1. The van der Waals surface area contributed by atoms with Crippen LogP contribution in [-0.2, 0) is 6.54 Å². The summed E-state index contributed by atoms with van der Waals surface area (Å²) in [6.07, 6.45) is 1.58. The van der Waals surface area contributed by atoms with Gasteiger partial charge in [-0.1, -0.05) is 13.0 Å². The monoisotopic (exact) mass is 268 g/mol. The van der Waals surface area contributed by atoms with Crippen molar-refractivity contribution in [3.8, 4) is 0 Å². The third kappa shape index (κ3) is 5.85. The topological polar surface area (TPSA) is 45.1 Å². The first-order valence-corrected chi connectivity index (χ1v) is 7.20. The van der Waals surface area contributed by atoms with E-state index >= 15 is 0 Å². The van der Waals surface area contributed by atoms with Crippen LogP contribution in [0.2, 0.25) is 0 Å². The predicted molar refractivity (Wildman–Crippen MR) is 77.8 cm³/mol. The molecule has 0 saturated heterocycles. The third-order valence-electron chi connectivity index (χ3n) is 2.61. The fraction of sp³-hybridized carbons (Fsp3) is 0.643. The standard InChI is InChI=1S/C14H24N2OS/c1-10(17)11(2)18-13-7-6-12(8-15-13)9-16-14(3,4)5/h6-8,10-11,16-17H,9H2,1-5H3. The van der Waals surface area contributed by atoms with Gasteiger partial charge in [-0.15, -0.1) is 11.8 Å². The van der Waals surface area contributed by atoms with Crippen molar-refractivity contribution >= 4 is 11.8 Å². The molecule has 0 aromatic carbocycles. The highest BCUT2D eigenvalue weighted by molar-refractivity contribution is 7.99. The summed E-state index contributed by atoms with van der Waals surface area (Å²) in [4.78, 5) is 4.41. The van der Waals surface area contributed by atoms with Crippen LogP contribution in [0, 0.1) is 0 Å². The fourth-order valence-electron chi connectivity index (χ4n) is 1.24. The lowest BCUT2D eigenvalue weighted by Crippen LogP contribution is -2.35. The molecule has 102 valence electrons. The second-order valence-corrected chi connectivity index (χ2v) is 7.07. The van der Waals surface area contributed by atoms with Crippen LogP contribution in [-0.4, -0.2) is 27.0 Å². The van der Waals surface area contributed by atoms with Gasteiger partial charge in [0, 0.05) is 23.5 Å². The van der Waals surface area contributed by atoms with E-state index in [9.17, 15) is 5.11 Å². The Morgan fingerprint density at radius 3 is 2.44 bits per heavy atom. The minimum absolute atomic E-state index is 0.119. The molecule has 0 spiro atoms. The first-order chi connectivity index (χ1) is 8.28. The van der Waals surface area contributed by atoms with Gasteiger partial charge in [-0.3, -0.25) is 0 Å². The zero-order valence-electron chi connectivity index (χ0n) is 11.9. The van der Waals surface area contributed by atoms with Gasteiger partial charge in [-0.05, 0) is 39.3 Å². The lowest BCUT2D eigenvalue weighted by atomic mass is 10.1. The molecule has 0 aliphatic carbocycles. The molecule has 0 amide bonds. The Hall–Kier alpha value is -0.580. The van der Waals surface area contributed by atoms with Gasteiger partial charge in [0.1, 0.15) is 0 Å². The number of aliphatic hydroxyl groups is 1. The Balaban J connectivity index is 2.52. The minimum atomic E-state index is -0.320. The first kappa shape index (κ1) is 15.5. The highest BCUT2D eigenvalue weighted by Gasteiger charge is 2.11. The number of thioether (sulfide) groups is 1. The molecule has 0 bridgehead atoms. The quantitative estimate of drug-likeness (QED) is 0.806. The second-order valence-electron chi connectivity index (χ2n) is 5.67. The number of rotatable bonds is 5. The highest BCUT2D eigenvalue weighted by atomic mass is 32.2. The highest BCUT2D eigenvalue weighted by Crippen LogP contribution is 2.23. The van der Waals surface area contributed by atoms with Gasteiger partial charge < -0.3 is 10.4 Å². The second kappa shape index (κ2) is 6.55. The van der Waals surface area contributed by atoms with E-state index in [1.54, 1.807) is 18.7 Å². The van der Waals surface area contributed by atoms with Gasteiger partial charge in [0.25, 0.3) is 0 Å². The van der Waals surface area contributed by atoms with Crippen molar-refractivity contribution in [3.63, 3.8) is 0 Å². The molecule has 4 heteroatoms. The van der Waals surface area contributed by atoms with E-state index in [1.807, 2.05) is 19.2 Å². The Labute approximate surface area is 114 Å². The number of hydrogen-bond acceptors (Lipinski definition) is 4. The van der Waals surface area contributed by atoms with Crippen LogP contribution in [0.1, 0.15) is 40.2 Å². The van der Waals surface area contributed by atoms with E-state index in [2.05, 4.69) is 37.1 Å². The first-order valence-electron chi connectivity index (χ1n) is 6.32. The molecule has 3 nitrogen and oxygen atoms in total. The van der Waals surface area contributed by atoms with Crippen LogP contribution < -0.4 is 5.32 Å². The summed E-state index contributed by atoms with van der Waals surface area (Å²) < 4.78 is 0. The molecular formula is C14H24N2OS. The maximum atomic E-state index is 9.45. The molecule has 1 rings (SSSR count). The zero-order valence-corrected chi connectivity index (χ0v) is 12.7. The largest absolute Gasteiger partial charge is 0.392 e. The van der Waals surface area contributed by atoms with Crippen LogP contribution in [0.25, 0.3) is 0 Å². The van der Waals surface area contributed by atoms with Crippen molar-refractivity contribution in [3.05, 3.63) is 23.9 Å². The molecule has 0 saturated carbocycles. The molecule has 0 fully saturated rings. The Morgan fingerprint density at radius 1 is 1.33 bits per heavy atom. The maximum Gasteiger partial charge on any atom is 0.0963 e. The number of aliphatic hydroxyl groups excluding tert-OH is 1. The fourth-order valence-corrected chi connectivity index (χ4v) is 2.08. The summed E-state index contributed by atoms with van der Waals surface area (Å²) >= 11 is 1.60. The molecular weight excluding hydrogens is 244 g/mol. The number of aromatic nitrogens is 1. The van der Waals surface area contributed by atoms with E-state index in [0.717, 1.165) is 11.6 Å². The SMILES string of the molecule is CC(O)C(C)Sc1ccc(CNC(C)(C)C)cn1. The lowest BCUT2D eigenvalue weighted by molar-refractivity contribution is 0.196. The summed E-state index contributed by atoms with van der Waals surface area (Å²) in [6, 6.07) is 4.10. The average Bonchev–Trinajstić information content (AvgIpc) is 2.27. The molecule has 1 aromatic rings. The predicted octanol–water partition coefficient (Wildman–Crippen LogP) is 2.83. The van der Waals surface area contributed by atoms with E-state index in [1.165, 1.54) is 5.56 Å². The molecule has 2 unspecified atom stereocenters. The van der Waals surface area contributed by atoms with Gasteiger partial charge in [0.15, 0.2) is 0 Å². The smallest absolute Gasteiger partial charge is 0.0963 e. The van der Waals surface area contributed by atoms with E-state index in [4.69, 9.17) is 0 Å². The van der Waals surface area contributed by atoms with Crippen molar-refractivity contribution in [1.29, 1.82) is 0 Å². The molecule has 1 aromatic heterocycles. The van der Waals surface area contributed by atoms with Gasteiger partial charge in [-0.25, -0.2) is 4.98 Å². The van der Waals surface area contributed by atoms with Crippen molar-refractivity contribution in [1.82, 2.24) is 10.3 Å². The van der Waals surface area contributed by atoms with Gasteiger partial charge >= 0.3 is 0 Å². The van der Waals surface area contributed by atoms with Gasteiger partial charge in [0.05, 0.1) is 11.1 Å². The van der Waals surface area contributed by atoms with E-state index < -0.39 is 0 Å². The lowest BCUT2D eigenvalue weighted by Gasteiger charge is -2.20. The molecule has 2 N–H and O–H groups in total. The molecule has 18 heavy (non-hydrogen) atoms. The van der Waals surface area contributed by atoms with Crippen LogP contribution in [0.3, 0.4) is 0 Å². The van der Waals surface area contributed by atoms with Crippen molar-refractivity contribution < 1.29 is 5.11 Å². The minimum Gasteiger partial charge on any atom is -0.392 e.